The fourth-order valence-electron chi connectivity index (χ4n) is 7.07. The summed E-state index contributed by atoms with van der Waals surface area (Å²) < 4.78 is 0. The van der Waals surface area contributed by atoms with Gasteiger partial charge in [-0.05, 0) is 49.3 Å². The first kappa shape index (κ1) is 19.2. The van der Waals surface area contributed by atoms with E-state index in [9.17, 15) is 10.5 Å². The van der Waals surface area contributed by atoms with Crippen LogP contribution in [0.1, 0.15) is 62.8 Å². The van der Waals surface area contributed by atoms with Crippen LogP contribution in [-0.2, 0) is 0 Å². The van der Waals surface area contributed by atoms with Gasteiger partial charge in [0.1, 0.15) is 11.1 Å². The van der Waals surface area contributed by atoms with Crippen LogP contribution in [-0.4, -0.2) is 11.1 Å². The zero-order valence-corrected chi connectivity index (χ0v) is 17.5. The van der Waals surface area contributed by atoms with Gasteiger partial charge in [-0.15, -0.1) is 0 Å². The Hall–Kier alpha value is -2.78. The maximum Gasteiger partial charge on any atom is 0.132 e. The molecule has 3 heteroatoms. The second-order valence-electron chi connectivity index (χ2n) is 9.38. The number of anilines is 1. The van der Waals surface area contributed by atoms with Gasteiger partial charge in [0.2, 0.25) is 0 Å². The maximum atomic E-state index is 10.8. The smallest absolute Gasteiger partial charge is 0.132 e. The molecule has 0 bridgehead atoms. The van der Waals surface area contributed by atoms with E-state index in [1.54, 1.807) is 0 Å². The lowest BCUT2D eigenvalue weighted by molar-refractivity contribution is 0.0360. The summed E-state index contributed by atoms with van der Waals surface area (Å²) in [7, 11) is 0. The molecule has 1 unspecified atom stereocenters. The van der Waals surface area contributed by atoms with Gasteiger partial charge in [-0.2, -0.15) is 10.5 Å². The van der Waals surface area contributed by atoms with Crippen LogP contribution in [0.2, 0.25) is 0 Å². The van der Waals surface area contributed by atoms with Crippen LogP contribution in [0, 0.1) is 34.5 Å². The highest BCUT2D eigenvalue weighted by molar-refractivity contribution is 5.60. The van der Waals surface area contributed by atoms with Gasteiger partial charge in [-0.1, -0.05) is 74.2 Å². The summed E-state index contributed by atoms with van der Waals surface area (Å²) in [5.41, 5.74) is 1.13. The minimum atomic E-state index is -0.621. The molecule has 3 fully saturated rings. The molecular formula is C27H29N3. The molecule has 1 saturated heterocycles. The van der Waals surface area contributed by atoms with E-state index in [0.717, 1.165) is 44.2 Å². The van der Waals surface area contributed by atoms with Crippen molar-refractivity contribution >= 4 is 5.69 Å². The monoisotopic (exact) mass is 395 g/mol. The van der Waals surface area contributed by atoms with Gasteiger partial charge in [-0.25, -0.2) is 0 Å². The van der Waals surface area contributed by atoms with Gasteiger partial charge in [0.05, 0.1) is 12.1 Å². The van der Waals surface area contributed by atoms with E-state index >= 15 is 0 Å². The number of nitriles is 2. The molecule has 1 aliphatic heterocycles. The molecule has 2 aromatic rings. The molecule has 3 nitrogen and oxygen atoms in total. The normalized spacial score (nSPS) is 35.4. The molecule has 0 aromatic heterocycles. The minimum absolute atomic E-state index is 0.253. The molecule has 152 valence electrons. The highest BCUT2D eigenvalue weighted by Crippen LogP contribution is 2.62. The van der Waals surface area contributed by atoms with Crippen molar-refractivity contribution in [3.05, 3.63) is 66.2 Å². The van der Waals surface area contributed by atoms with Crippen LogP contribution in [0.3, 0.4) is 0 Å². The third-order valence-corrected chi connectivity index (χ3v) is 8.12. The number of hydrogen-bond acceptors (Lipinski definition) is 3. The molecule has 30 heavy (non-hydrogen) atoms. The quantitative estimate of drug-likeness (QED) is 0.609. The number of piperidine rings is 1. The topological polar surface area (TPSA) is 50.8 Å². The molecule has 5 atom stereocenters. The maximum absolute atomic E-state index is 10.8. The number of hydrogen-bond donors (Lipinski definition) is 0. The molecule has 0 spiro atoms. The largest absolute Gasteiger partial charge is 0.334 e. The van der Waals surface area contributed by atoms with E-state index in [1.807, 2.05) is 18.2 Å². The molecule has 2 aromatic carbocycles. The highest BCUT2D eigenvalue weighted by Gasteiger charge is 2.65. The second kappa shape index (κ2) is 7.48. The van der Waals surface area contributed by atoms with Crippen molar-refractivity contribution in [1.82, 2.24) is 0 Å². The summed E-state index contributed by atoms with van der Waals surface area (Å²) in [6.07, 6.45) is 8.29. The van der Waals surface area contributed by atoms with Crippen molar-refractivity contribution in [2.24, 2.45) is 11.8 Å². The van der Waals surface area contributed by atoms with Gasteiger partial charge >= 0.3 is 0 Å². The number of rotatable bonds is 2. The van der Waals surface area contributed by atoms with E-state index in [4.69, 9.17) is 0 Å². The van der Waals surface area contributed by atoms with Gasteiger partial charge in [0.15, 0.2) is 0 Å². The summed E-state index contributed by atoms with van der Waals surface area (Å²) >= 11 is 0. The lowest BCUT2D eigenvalue weighted by atomic mass is 9.51. The Balaban J connectivity index is 1.78. The molecule has 5 rings (SSSR count). The predicted octanol–water partition coefficient (Wildman–Crippen LogP) is 6.20. The van der Waals surface area contributed by atoms with Crippen molar-refractivity contribution in [1.29, 1.82) is 10.5 Å². The van der Waals surface area contributed by atoms with E-state index in [-0.39, 0.29) is 17.8 Å². The first-order chi connectivity index (χ1) is 14.8. The van der Waals surface area contributed by atoms with Gasteiger partial charge in [-0.3, -0.25) is 0 Å². The molecule has 2 saturated carbocycles. The molecular weight excluding hydrogens is 366 g/mol. The highest BCUT2D eigenvalue weighted by atomic mass is 15.3. The Bertz CT molecular complexity index is 931. The van der Waals surface area contributed by atoms with Crippen LogP contribution >= 0.6 is 0 Å². The number of nitrogens with zero attached hydrogens (tertiary/aromatic N) is 3. The minimum Gasteiger partial charge on any atom is -0.334 e. The first-order valence-electron chi connectivity index (χ1n) is 11.5. The standard InChI is InChI=1S/C27H29N3/c28-19-26-17-9-7-15-23(26)25(21-11-3-1-4-12-21)24-16-8-10-18-27(24,20-29)30(26)22-13-5-2-6-14-22/h1-6,11-14,23-25H,7-10,15-18H2/t23-,24+,25?,26+,27-. The molecule has 0 radical (unpaired) electrons. The average Bonchev–Trinajstić information content (AvgIpc) is 2.83. The molecule has 0 amide bonds. The average molecular weight is 396 g/mol. The summed E-state index contributed by atoms with van der Waals surface area (Å²) in [6, 6.07) is 26.8. The van der Waals surface area contributed by atoms with Crippen LogP contribution < -0.4 is 4.90 Å². The number of fused-ring (bicyclic) bond motifs is 2. The third-order valence-electron chi connectivity index (χ3n) is 8.12. The zero-order chi connectivity index (χ0) is 20.6. The lowest BCUT2D eigenvalue weighted by Crippen LogP contribution is -2.73. The van der Waals surface area contributed by atoms with E-state index in [1.165, 1.54) is 18.4 Å². The molecule has 3 aliphatic rings. The van der Waals surface area contributed by atoms with E-state index in [0.29, 0.717) is 0 Å². The second-order valence-corrected chi connectivity index (χ2v) is 9.38. The third kappa shape index (κ3) is 2.61. The van der Waals surface area contributed by atoms with E-state index < -0.39 is 11.1 Å². The lowest BCUT2D eigenvalue weighted by Gasteiger charge is -2.65. The van der Waals surface area contributed by atoms with Crippen molar-refractivity contribution in [2.75, 3.05) is 4.90 Å². The number of para-hydroxylation sites is 1. The Morgan fingerprint density at radius 1 is 0.700 bits per heavy atom. The predicted molar refractivity (Wildman–Crippen MR) is 119 cm³/mol. The van der Waals surface area contributed by atoms with Crippen LogP contribution in [0.25, 0.3) is 0 Å². The Kier molecular flexibility index (Phi) is 4.79. The summed E-state index contributed by atoms with van der Waals surface area (Å²) in [5, 5.41) is 21.5. The van der Waals surface area contributed by atoms with Crippen molar-refractivity contribution < 1.29 is 0 Å². The van der Waals surface area contributed by atoms with Crippen LogP contribution in [0.15, 0.2) is 60.7 Å². The fraction of sp³-hybridized carbons (Fsp3) is 0.481. The van der Waals surface area contributed by atoms with Gasteiger partial charge in [0, 0.05) is 17.5 Å². The summed E-state index contributed by atoms with van der Waals surface area (Å²) in [5.74, 6) is 0.776. The SMILES string of the molecule is N#C[C@]12CCCC[C@H]1C(c1ccccc1)[C@H]1CCCC[C@@]1(C#N)N2c1ccccc1. The van der Waals surface area contributed by atoms with Crippen LogP contribution in [0.4, 0.5) is 5.69 Å². The van der Waals surface area contributed by atoms with Crippen molar-refractivity contribution in [3.63, 3.8) is 0 Å². The Labute approximate surface area is 179 Å². The van der Waals surface area contributed by atoms with E-state index in [2.05, 4.69) is 59.5 Å². The first-order valence-corrected chi connectivity index (χ1v) is 11.5. The molecule has 2 aliphatic carbocycles. The Morgan fingerprint density at radius 2 is 1.20 bits per heavy atom. The van der Waals surface area contributed by atoms with Crippen molar-refractivity contribution in [2.45, 2.75) is 68.4 Å². The Morgan fingerprint density at radius 3 is 1.70 bits per heavy atom. The summed E-state index contributed by atoms with van der Waals surface area (Å²) in [4.78, 5) is 2.33. The van der Waals surface area contributed by atoms with Crippen LogP contribution in [0.5, 0.6) is 0 Å². The fourth-order valence-corrected chi connectivity index (χ4v) is 7.07. The summed E-state index contributed by atoms with van der Waals surface area (Å²) in [6.45, 7) is 0. The zero-order valence-electron chi connectivity index (χ0n) is 17.5. The van der Waals surface area contributed by atoms with Gasteiger partial charge in [0.25, 0.3) is 0 Å². The number of benzene rings is 2. The molecule has 1 heterocycles. The van der Waals surface area contributed by atoms with Crippen molar-refractivity contribution in [3.8, 4) is 12.1 Å². The molecule has 0 N–H and O–H groups in total. The van der Waals surface area contributed by atoms with Gasteiger partial charge < -0.3 is 4.90 Å².